The molecule has 1 unspecified atom stereocenters. The van der Waals surface area contributed by atoms with Crippen LogP contribution < -0.4 is 10.1 Å². The molecule has 0 saturated heterocycles. The van der Waals surface area contributed by atoms with Crippen LogP contribution in [0, 0.1) is 20.8 Å². The van der Waals surface area contributed by atoms with E-state index in [-0.39, 0.29) is 34.8 Å². The lowest BCUT2D eigenvalue weighted by Gasteiger charge is -2.25. The van der Waals surface area contributed by atoms with Gasteiger partial charge in [-0.3, -0.25) is 4.79 Å². The fraction of sp³-hybridized carbons (Fsp3) is 0.296. The third-order valence-corrected chi connectivity index (χ3v) is 8.04. The van der Waals surface area contributed by atoms with Gasteiger partial charge in [-0.1, -0.05) is 54.1 Å². The van der Waals surface area contributed by atoms with Crippen molar-refractivity contribution in [2.45, 2.75) is 45.2 Å². The molecule has 0 aliphatic rings. The number of amides is 1. The van der Waals surface area contributed by atoms with Gasteiger partial charge in [-0.15, -0.1) is 0 Å². The lowest BCUT2D eigenvalue weighted by molar-refractivity contribution is -0.122. The molecule has 3 aromatic rings. The number of nitrogens with zero attached hydrogens (tertiary/aromatic N) is 1. The lowest BCUT2D eigenvalue weighted by Crippen LogP contribution is -2.41. The maximum Gasteiger partial charge on any atom is 0.247 e. The number of hydrogen-bond donors (Lipinski definition) is 1. The zero-order valence-corrected chi connectivity index (χ0v) is 22.2. The predicted molar refractivity (Wildman–Crippen MR) is 139 cm³/mol. The van der Waals surface area contributed by atoms with Crippen LogP contribution in [0.2, 0.25) is 5.02 Å². The summed E-state index contributed by atoms with van der Waals surface area (Å²) in [6.07, 6.45) is 0. The molecule has 0 spiro atoms. The predicted octanol–water partition coefficient (Wildman–Crippen LogP) is 5.34. The molecular weight excluding hydrogens is 484 g/mol. The van der Waals surface area contributed by atoms with Crippen molar-refractivity contribution in [3.63, 3.8) is 0 Å². The standard InChI is InChI=1S/C27H31ClN2O4S/c1-18-13-20(3)24(14-19(18)2)21(4)29-27(31)17-30(16-22-9-7-6-8-10-22)35(32,33)26-15-23(28)11-12-25(26)34-5/h6-15,21H,16-17H2,1-5H3,(H,29,31). The average Bonchev–Trinajstić information content (AvgIpc) is 2.81. The van der Waals surface area contributed by atoms with E-state index in [1.54, 1.807) is 6.07 Å². The number of nitrogens with one attached hydrogen (secondary N) is 1. The van der Waals surface area contributed by atoms with Crippen molar-refractivity contribution >= 4 is 27.5 Å². The normalized spacial score (nSPS) is 12.4. The monoisotopic (exact) mass is 514 g/mol. The fourth-order valence-corrected chi connectivity index (χ4v) is 5.78. The van der Waals surface area contributed by atoms with Crippen LogP contribution in [0.5, 0.6) is 5.75 Å². The topological polar surface area (TPSA) is 75.7 Å². The number of ether oxygens (including phenoxy) is 1. The van der Waals surface area contributed by atoms with E-state index in [0.29, 0.717) is 0 Å². The van der Waals surface area contributed by atoms with Gasteiger partial charge >= 0.3 is 0 Å². The molecule has 0 heterocycles. The van der Waals surface area contributed by atoms with Crippen molar-refractivity contribution in [1.29, 1.82) is 0 Å². The van der Waals surface area contributed by atoms with E-state index in [9.17, 15) is 13.2 Å². The third kappa shape index (κ3) is 6.42. The van der Waals surface area contributed by atoms with Crippen LogP contribution >= 0.6 is 11.6 Å². The minimum atomic E-state index is -4.12. The third-order valence-electron chi connectivity index (χ3n) is 5.99. The highest BCUT2D eigenvalue weighted by Gasteiger charge is 2.30. The van der Waals surface area contributed by atoms with Crippen molar-refractivity contribution in [1.82, 2.24) is 9.62 Å². The summed E-state index contributed by atoms with van der Waals surface area (Å²) in [6, 6.07) is 17.4. The second kappa shape index (κ2) is 11.2. The molecule has 1 N–H and O–H groups in total. The Hall–Kier alpha value is -2.87. The van der Waals surface area contributed by atoms with E-state index in [1.807, 2.05) is 58.0 Å². The summed E-state index contributed by atoms with van der Waals surface area (Å²) < 4.78 is 33.8. The van der Waals surface area contributed by atoms with Gasteiger partial charge in [0.2, 0.25) is 15.9 Å². The molecule has 8 heteroatoms. The maximum atomic E-state index is 13.7. The van der Waals surface area contributed by atoms with Gasteiger partial charge in [0.05, 0.1) is 19.7 Å². The number of rotatable bonds is 9. The van der Waals surface area contributed by atoms with Crippen molar-refractivity contribution in [2.24, 2.45) is 0 Å². The number of carbonyl (C=O) groups is 1. The van der Waals surface area contributed by atoms with Crippen molar-refractivity contribution in [3.05, 3.63) is 93.5 Å². The van der Waals surface area contributed by atoms with Gasteiger partial charge in [-0.2, -0.15) is 4.31 Å². The van der Waals surface area contributed by atoms with Crippen LogP contribution in [0.1, 0.15) is 40.8 Å². The van der Waals surface area contributed by atoms with Crippen molar-refractivity contribution in [3.8, 4) is 5.75 Å². The Balaban J connectivity index is 1.91. The number of benzene rings is 3. The van der Waals surface area contributed by atoms with Gasteiger partial charge in [-0.25, -0.2) is 8.42 Å². The first kappa shape index (κ1) is 26.7. The molecule has 0 aromatic heterocycles. The minimum Gasteiger partial charge on any atom is -0.495 e. The summed E-state index contributed by atoms with van der Waals surface area (Å²) in [5.41, 5.74) is 5.13. The quantitative estimate of drug-likeness (QED) is 0.418. The van der Waals surface area contributed by atoms with E-state index in [0.717, 1.165) is 26.6 Å². The molecule has 0 radical (unpaired) electrons. The van der Waals surface area contributed by atoms with E-state index < -0.39 is 15.9 Å². The number of halogens is 1. The Morgan fingerprint density at radius 1 is 1.00 bits per heavy atom. The van der Waals surface area contributed by atoms with Crippen LogP contribution in [0.15, 0.2) is 65.6 Å². The summed E-state index contributed by atoms with van der Waals surface area (Å²) in [5.74, 6) is -0.248. The summed E-state index contributed by atoms with van der Waals surface area (Å²) in [4.78, 5) is 13.0. The van der Waals surface area contributed by atoms with Gasteiger partial charge in [0, 0.05) is 11.6 Å². The molecule has 0 fully saturated rings. The van der Waals surface area contributed by atoms with Crippen LogP contribution in [0.4, 0.5) is 0 Å². The van der Waals surface area contributed by atoms with E-state index in [2.05, 4.69) is 17.4 Å². The summed E-state index contributed by atoms with van der Waals surface area (Å²) in [5, 5.41) is 3.22. The zero-order chi connectivity index (χ0) is 25.8. The number of aryl methyl sites for hydroxylation is 3. The second-order valence-corrected chi connectivity index (χ2v) is 11.0. The van der Waals surface area contributed by atoms with Gasteiger partial charge in [0.1, 0.15) is 10.6 Å². The summed E-state index contributed by atoms with van der Waals surface area (Å²) in [6.45, 7) is 7.63. The first-order valence-electron chi connectivity index (χ1n) is 11.3. The van der Waals surface area contributed by atoms with Crippen LogP contribution in [-0.4, -0.2) is 32.3 Å². The SMILES string of the molecule is COc1ccc(Cl)cc1S(=O)(=O)N(CC(=O)NC(C)c1cc(C)c(C)cc1C)Cc1ccccc1. The van der Waals surface area contributed by atoms with E-state index in [4.69, 9.17) is 16.3 Å². The van der Waals surface area contributed by atoms with Gasteiger partial charge in [0.15, 0.2) is 0 Å². The molecule has 1 atom stereocenters. The largest absolute Gasteiger partial charge is 0.495 e. The molecule has 3 aromatic carbocycles. The maximum absolute atomic E-state index is 13.7. The summed E-state index contributed by atoms with van der Waals surface area (Å²) in [7, 11) is -2.72. The van der Waals surface area contributed by atoms with Crippen LogP contribution in [0.25, 0.3) is 0 Å². The number of sulfonamides is 1. The molecule has 186 valence electrons. The fourth-order valence-electron chi connectivity index (χ4n) is 3.98. The molecule has 1 amide bonds. The Bertz CT molecular complexity index is 1310. The molecule has 6 nitrogen and oxygen atoms in total. The minimum absolute atomic E-state index is 0.0172. The second-order valence-electron chi connectivity index (χ2n) is 8.64. The lowest BCUT2D eigenvalue weighted by atomic mass is 9.96. The molecule has 3 rings (SSSR count). The average molecular weight is 515 g/mol. The number of hydrogen-bond acceptors (Lipinski definition) is 4. The van der Waals surface area contributed by atoms with Gasteiger partial charge in [-0.05, 0) is 73.7 Å². The van der Waals surface area contributed by atoms with Crippen LogP contribution in [0.3, 0.4) is 0 Å². The number of methoxy groups -OCH3 is 1. The van der Waals surface area contributed by atoms with Gasteiger partial charge in [0.25, 0.3) is 0 Å². The highest BCUT2D eigenvalue weighted by molar-refractivity contribution is 7.89. The van der Waals surface area contributed by atoms with E-state index >= 15 is 0 Å². The van der Waals surface area contributed by atoms with Crippen LogP contribution in [-0.2, 0) is 21.4 Å². The smallest absolute Gasteiger partial charge is 0.247 e. The van der Waals surface area contributed by atoms with E-state index in [1.165, 1.54) is 24.8 Å². The Kier molecular flexibility index (Phi) is 8.59. The molecule has 0 saturated carbocycles. The molecule has 35 heavy (non-hydrogen) atoms. The zero-order valence-electron chi connectivity index (χ0n) is 20.6. The highest BCUT2D eigenvalue weighted by atomic mass is 35.5. The summed E-state index contributed by atoms with van der Waals surface area (Å²) >= 11 is 6.11. The highest BCUT2D eigenvalue weighted by Crippen LogP contribution is 2.30. The first-order chi connectivity index (χ1) is 16.5. The number of carbonyl (C=O) groups excluding carboxylic acids is 1. The van der Waals surface area contributed by atoms with Gasteiger partial charge < -0.3 is 10.1 Å². The molecular formula is C27H31ClN2O4S. The molecule has 0 aliphatic carbocycles. The Morgan fingerprint density at radius 2 is 1.66 bits per heavy atom. The first-order valence-corrected chi connectivity index (χ1v) is 13.1. The van der Waals surface area contributed by atoms with Crippen molar-refractivity contribution < 1.29 is 17.9 Å². The molecule has 0 aliphatic heterocycles. The van der Waals surface area contributed by atoms with Crippen molar-refractivity contribution in [2.75, 3.05) is 13.7 Å². The Labute approximate surface area is 212 Å². The Morgan fingerprint density at radius 3 is 2.31 bits per heavy atom. The molecule has 0 bridgehead atoms.